The van der Waals surface area contributed by atoms with Crippen molar-refractivity contribution in [3.8, 4) is 0 Å². The van der Waals surface area contributed by atoms with Crippen molar-refractivity contribution in [3.05, 3.63) is 4.91 Å². The summed E-state index contributed by atoms with van der Waals surface area (Å²) in [5, 5.41) is 0. The van der Waals surface area contributed by atoms with Gasteiger partial charge in [-0.15, -0.1) is 12.4 Å². The van der Waals surface area contributed by atoms with Crippen molar-refractivity contribution < 1.29 is 31.0 Å². The van der Waals surface area contributed by atoms with Crippen molar-refractivity contribution in [3.63, 3.8) is 0 Å². The molecule has 0 saturated heterocycles. The van der Waals surface area contributed by atoms with Gasteiger partial charge in [0.2, 0.25) is 0 Å². The fraction of sp³-hybridized carbons (Fsp3) is 0. The van der Waals surface area contributed by atoms with Crippen molar-refractivity contribution in [1.82, 2.24) is 0 Å². The molecule has 0 aliphatic heterocycles. The van der Waals surface area contributed by atoms with Crippen LogP contribution in [0.2, 0.25) is 0 Å². The maximum absolute atomic E-state index is 7.50. The molecule has 0 aliphatic rings. The van der Waals surface area contributed by atoms with E-state index >= 15 is 0 Å². The standard InChI is InChI=1S/ClH.HNO.Na.H/c;1-2;;/h1H;1H;;/q;;+1;-1. The van der Waals surface area contributed by atoms with Crippen molar-refractivity contribution in [2.75, 3.05) is 0 Å². The molecular formula is H3ClNNaO. The van der Waals surface area contributed by atoms with E-state index in [4.69, 9.17) is 4.91 Å². The van der Waals surface area contributed by atoms with Crippen LogP contribution >= 0.6 is 12.4 Å². The van der Waals surface area contributed by atoms with Crippen LogP contribution in [-0.4, -0.2) is 0 Å². The zero-order valence-electron chi connectivity index (χ0n) is 3.32. The molecule has 0 saturated carbocycles. The van der Waals surface area contributed by atoms with Crippen LogP contribution in [0.15, 0.2) is 0 Å². The van der Waals surface area contributed by atoms with E-state index < -0.39 is 0 Å². The van der Waals surface area contributed by atoms with Crippen LogP contribution in [0.4, 0.5) is 0 Å². The smallest absolute Gasteiger partial charge is 1.00 e. The maximum atomic E-state index is 7.50. The van der Waals surface area contributed by atoms with Crippen LogP contribution < -0.4 is 29.6 Å². The topological polar surface area (TPSA) is 40.9 Å². The Morgan fingerprint density at radius 1 is 1.50 bits per heavy atom. The summed E-state index contributed by atoms with van der Waals surface area (Å²) in [5.74, 6) is 0. The number of hydrogen-bond donors (Lipinski definition) is 1. The molecule has 0 spiro atoms. The van der Waals surface area contributed by atoms with E-state index in [1.807, 2.05) is 0 Å². The molecule has 22 valence electrons. The molecule has 0 fully saturated rings. The van der Waals surface area contributed by atoms with Crippen LogP contribution in [0.3, 0.4) is 0 Å². The minimum Gasteiger partial charge on any atom is -1.00 e. The summed E-state index contributed by atoms with van der Waals surface area (Å²) in [4.78, 5) is 7.50. The minimum absolute atomic E-state index is 0. The largest absolute Gasteiger partial charge is 1.00 e. The first-order valence-corrected chi connectivity index (χ1v) is 0.204. The zero-order chi connectivity index (χ0) is 2.00. The average Bonchev–Trinajstić information content (AvgIpc) is 1.00. The first-order chi connectivity index (χ1) is 1.00. The van der Waals surface area contributed by atoms with Gasteiger partial charge in [0.25, 0.3) is 0 Å². The molecule has 0 aromatic rings. The molecule has 0 amide bonds. The second-order valence-electron chi connectivity index (χ2n) is 0. The Balaban J connectivity index is -0.00000000167. The first kappa shape index (κ1) is 20.7. The summed E-state index contributed by atoms with van der Waals surface area (Å²) in [6.45, 7) is 0. The van der Waals surface area contributed by atoms with Gasteiger partial charge in [-0.3, -0.25) is 0 Å². The fourth-order valence-corrected chi connectivity index (χ4v) is 0. The molecule has 4 heavy (non-hydrogen) atoms. The van der Waals surface area contributed by atoms with Crippen LogP contribution in [0.25, 0.3) is 0 Å². The second-order valence-corrected chi connectivity index (χ2v) is 0. The van der Waals surface area contributed by atoms with Gasteiger partial charge in [0.15, 0.2) is 0 Å². The van der Waals surface area contributed by atoms with Gasteiger partial charge in [-0.25, -0.2) is 0 Å². The predicted octanol–water partition coefficient (Wildman–Crippen LogP) is -2.13. The molecule has 0 heterocycles. The first-order valence-electron chi connectivity index (χ1n) is 0.204. The summed E-state index contributed by atoms with van der Waals surface area (Å²) in [5.41, 5.74) is 4.50. The Kier molecular flexibility index (Phi) is 212. The van der Waals surface area contributed by atoms with Gasteiger partial charge in [0.1, 0.15) is 0 Å². The molecule has 1 N–H and O–H groups in total. The molecular weight excluding hydrogens is 88.4 g/mol. The molecule has 0 aliphatic carbocycles. The molecule has 0 aromatic carbocycles. The van der Waals surface area contributed by atoms with Crippen molar-refractivity contribution in [1.29, 1.82) is 5.59 Å². The van der Waals surface area contributed by atoms with Crippen molar-refractivity contribution >= 4 is 12.4 Å². The van der Waals surface area contributed by atoms with Gasteiger partial charge in [-0.2, -0.15) is 4.91 Å². The third-order valence-electron chi connectivity index (χ3n) is 0. The summed E-state index contributed by atoms with van der Waals surface area (Å²) >= 11 is 0. The van der Waals surface area contributed by atoms with E-state index in [0.29, 0.717) is 0 Å². The summed E-state index contributed by atoms with van der Waals surface area (Å²) in [6.07, 6.45) is 0. The monoisotopic (exact) mass is 91.0 g/mol. The molecule has 0 bridgehead atoms. The fourth-order valence-electron chi connectivity index (χ4n) is 0. The number of nitroso groups, excluding NO2 is 1. The van der Waals surface area contributed by atoms with E-state index in [-0.39, 0.29) is 43.4 Å². The predicted molar refractivity (Wildman–Crippen MR) is 14.4 cm³/mol. The van der Waals surface area contributed by atoms with E-state index in [1.54, 1.807) is 0 Å². The molecule has 0 rings (SSSR count). The molecule has 4 heteroatoms. The van der Waals surface area contributed by atoms with Crippen molar-refractivity contribution in [2.24, 2.45) is 0 Å². The Labute approximate surface area is 53.9 Å². The van der Waals surface area contributed by atoms with Gasteiger partial charge in [-0.05, 0) is 0 Å². The number of rotatable bonds is 0. The number of nitrogens with one attached hydrogen (secondary N) is 1. The number of hydrogen-bond acceptors (Lipinski definition) is 2. The van der Waals surface area contributed by atoms with Crippen LogP contribution in [-0.2, 0) is 0 Å². The van der Waals surface area contributed by atoms with Gasteiger partial charge in [0, 0.05) is 0 Å². The minimum atomic E-state index is 0. The summed E-state index contributed by atoms with van der Waals surface area (Å²) < 4.78 is 0. The van der Waals surface area contributed by atoms with E-state index in [9.17, 15) is 0 Å². The summed E-state index contributed by atoms with van der Waals surface area (Å²) in [7, 11) is 0. The van der Waals surface area contributed by atoms with Crippen molar-refractivity contribution in [2.45, 2.75) is 0 Å². The third kappa shape index (κ3) is 13.0. The zero-order valence-corrected chi connectivity index (χ0v) is 5.13. The van der Waals surface area contributed by atoms with Gasteiger partial charge in [-0.1, -0.05) is 5.59 Å². The molecule has 2 nitrogen and oxygen atoms in total. The number of halogens is 1. The third-order valence-corrected chi connectivity index (χ3v) is 0. The maximum Gasteiger partial charge on any atom is 1.00 e. The van der Waals surface area contributed by atoms with E-state index in [1.165, 1.54) is 0 Å². The average molecular weight is 91.5 g/mol. The quantitative estimate of drug-likeness (QED) is 0.269. The van der Waals surface area contributed by atoms with E-state index in [2.05, 4.69) is 5.59 Å². The van der Waals surface area contributed by atoms with Gasteiger partial charge in [0.05, 0.1) is 0 Å². The Hall–Kier alpha value is 0.890. The second kappa shape index (κ2) is 41.0. The molecule has 0 aromatic heterocycles. The van der Waals surface area contributed by atoms with Crippen LogP contribution in [0.1, 0.15) is 1.43 Å². The van der Waals surface area contributed by atoms with Crippen LogP contribution in [0, 0.1) is 10.5 Å². The molecule has 0 unspecified atom stereocenters. The van der Waals surface area contributed by atoms with Gasteiger partial charge >= 0.3 is 29.6 Å². The van der Waals surface area contributed by atoms with Crippen LogP contribution in [0.5, 0.6) is 0 Å². The SMILES string of the molecule is Cl.N=O.[H-].[Na+]. The molecule has 0 atom stereocenters. The Morgan fingerprint density at radius 3 is 1.50 bits per heavy atom. The Bertz CT molecular complexity index is 11.6. The normalized spacial score (nSPS) is 1.00. The van der Waals surface area contributed by atoms with Gasteiger partial charge < -0.3 is 1.43 Å². The summed E-state index contributed by atoms with van der Waals surface area (Å²) in [6, 6.07) is 0. The van der Waals surface area contributed by atoms with E-state index in [0.717, 1.165) is 0 Å². The Morgan fingerprint density at radius 2 is 1.50 bits per heavy atom. The molecule has 0 radical (unpaired) electrons.